The van der Waals surface area contributed by atoms with E-state index in [9.17, 15) is 18.7 Å². The van der Waals surface area contributed by atoms with Gasteiger partial charge in [0, 0.05) is 11.6 Å². The number of nitrogens with one attached hydrogen (secondary N) is 1. The molecule has 5 nitrogen and oxygen atoms in total. The Morgan fingerprint density at radius 1 is 1.18 bits per heavy atom. The van der Waals surface area contributed by atoms with E-state index in [2.05, 4.69) is 10.4 Å². The molecule has 1 atom stereocenters. The molecule has 0 saturated carbocycles. The van der Waals surface area contributed by atoms with Gasteiger partial charge in [-0.2, -0.15) is 9.78 Å². The van der Waals surface area contributed by atoms with Gasteiger partial charge in [-0.3, -0.25) is 4.79 Å². The molecule has 0 aliphatic carbocycles. The van der Waals surface area contributed by atoms with Gasteiger partial charge < -0.3 is 10.4 Å². The van der Waals surface area contributed by atoms with Gasteiger partial charge in [0.15, 0.2) is 11.6 Å². The van der Waals surface area contributed by atoms with Gasteiger partial charge >= 0.3 is 0 Å². The van der Waals surface area contributed by atoms with Gasteiger partial charge in [-0.05, 0) is 42.3 Å². The average Bonchev–Trinajstić information content (AvgIpc) is 2.67. The standard InChI is InChI=1S/C19H15Cl2F2N3O2/c1-10-2-4-12(7-13(10)20)26-19(28)18(21)16(8-25-26)24-9-17(27)11-3-5-14(22)15(23)6-11/h2-8,17,24,27H,9H2,1H3/t17-/m0/s1. The quantitative estimate of drug-likeness (QED) is 0.640. The molecule has 0 radical (unpaired) electrons. The highest BCUT2D eigenvalue weighted by Gasteiger charge is 2.15. The van der Waals surface area contributed by atoms with Crippen LogP contribution in [0.1, 0.15) is 17.2 Å². The van der Waals surface area contributed by atoms with Gasteiger partial charge in [-0.15, -0.1) is 0 Å². The van der Waals surface area contributed by atoms with E-state index in [4.69, 9.17) is 23.2 Å². The Labute approximate surface area is 169 Å². The molecule has 3 rings (SSSR count). The maximum Gasteiger partial charge on any atom is 0.292 e. The molecule has 1 aromatic heterocycles. The lowest BCUT2D eigenvalue weighted by molar-refractivity contribution is 0.191. The van der Waals surface area contributed by atoms with Crippen molar-refractivity contribution < 1.29 is 13.9 Å². The fourth-order valence-electron chi connectivity index (χ4n) is 2.50. The van der Waals surface area contributed by atoms with E-state index in [1.807, 2.05) is 6.92 Å². The maximum absolute atomic E-state index is 13.3. The molecule has 0 fully saturated rings. The lowest BCUT2D eigenvalue weighted by atomic mass is 10.1. The largest absolute Gasteiger partial charge is 0.387 e. The smallest absolute Gasteiger partial charge is 0.292 e. The van der Waals surface area contributed by atoms with E-state index in [1.54, 1.807) is 18.2 Å². The molecule has 3 aromatic rings. The number of aliphatic hydroxyl groups is 1. The van der Waals surface area contributed by atoms with Crippen LogP contribution in [-0.2, 0) is 0 Å². The minimum Gasteiger partial charge on any atom is -0.387 e. The molecule has 2 N–H and O–H groups in total. The van der Waals surface area contributed by atoms with Crippen LogP contribution in [0, 0.1) is 18.6 Å². The number of rotatable bonds is 5. The van der Waals surface area contributed by atoms with Crippen molar-refractivity contribution in [2.24, 2.45) is 0 Å². The van der Waals surface area contributed by atoms with Crippen LogP contribution < -0.4 is 10.9 Å². The summed E-state index contributed by atoms with van der Waals surface area (Å²) in [5.74, 6) is -2.06. The summed E-state index contributed by atoms with van der Waals surface area (Å²) in [6.07, 6.45) is 0.180. The molecular weight excluding hydrogens is 411 g/mol. The van der Waals surface area contributed by atoms with E-state index in [-0.39, 0.29) is 22.8 Å². The van der Waals surface area contributed by atoms with Crippen molar-refractivity contribution in [3.05, 3.63) is 85.8 Å². The number of hydrogen-bond donors (Lipinski definition) is 2. The van der Waals surface area contributed by atoms with Crippen LogP contribution in [0.2, 0.25) is 10.0 Å². The predicted molar refractivity (Wildman–Crippen MR) is 104 cm³/mol. The number of aryl methyl sites for hydroxylation is 1. The lowest BCUT2D eigenvalue weighted by Gasteiger charge is -2.15. The van der Waals surface area contributed by atoms with Gasteiger partial charge in [0.05, 0.1) is 23.7 Å². The Kier molecular flexibility index (Phi) is 5.98. The number of nitrogens with zero attached hydrogens (tertiary/aromatic N) is 2. The fraction of sp³-hybridized carbons (Fsp3) is 0.158. The normalized spacial score (nSPS) is 12.1. The fourth-order valence-corrected chi connectivity index (χ4v) is 2.87. The van der Waals surface area contributed by atoms with E-state index in [1.165, 1.54) is 12.3 Å². The third kappa shape index (κ3) is 4.16. The summed E-state index contributed by atoms with van der Waals surface area (Å²) in [5.41, 5.74) is 1.11. The molecule has 0 amide bonds. The first kappa shape index (κ1) is 20.3. The molecule has 28 heavy (non-hydrogen) atoms. The zero-order valence-electron chi connectivity index (χ0n) is 14.6. The molecule has 0 aliphatic rings. The van der Waals surface area contributed by atoms with E-state index >= 15 is 0 Å². The highest BCUT2D eigenvalue weighted by molar-refractivity contribution is 6.33. The first-order chi connectivity index (χ1) is 13.3. The van der Waals surface area contributed by atoms with Crippen LogP contribution in [0.15, 0.2) is 47.4 Å². The summed E-state index contributed by atoms with van der Waals surface area (Å²) in [5, 5.41) is 17.3. The van der Waals surface area contributed by atoms with E-state index in [0.717, 1.165) is 22.4 Å². The number of aliphatic hydroxyl groups excluding tert-OH is 1. The number of anilines is 1. The third-order valence-electron chi connectivity index (χ3n) is 4.13. The lowest BCUT2D eigenvalue weighted by Crippen LogP contribution is -2.23. The van der Waals surface area contributed by atoms with Gasteiger partial charge in [-0.25, -0.2) is 8.78 Å². The van der Waals surface area contributed by atoms with Crippen molar-refractivity contribution in [3.8, 4) is 5.69 Å². The summed E-state index contributed by atoms with van der Waals surface area (Å²) in [7, 11) is 0. The summed E-state index contributed by atoms with van der Waals surface area (Å²) >= 11 is 12.2. The molecular formula is C19H15Cl2F2N3O2. The molecule has 2 aromatic carbocycles. The van der Waals surface area contributed by atoms with Gasteiger partial charge in [0.25, 0.3) is 5.56 Å². The third-order valence-corrected chi connectivity index (χ3v) is 4.91. The van der Waals surface area contributed by atoms with Gasteiger partial charge in [0.1, 0.15) is 5.02 Å². The Hall–Kier alpha value is -2.48. The van der Waals surface area contributed by atoms with Crippen LogP contribution in [0.25, 0.3) is 5.69 Å². The molecule has 0 aliphatic heterocycles. The van der Waals surface area contributed by atoms with Gasteiger partial charge in [0.2, 0.25) is 0 Å². The summed E-state index contributed by atoms with van der Waals surface area (Å²) in [6.45, 7) is 1.74. The Morgan fingerprint density at radius 2 is 1.93 bits per heavy atom. The van der Waals surface area contributed by atoms with Crippen molar-refractivity contribution in [2.75, 3.05) is 11.9 Å². The zero-order chi connectivity index (χ0) is 20.4. The maximum atomic E-state index is 13.3. The number of benzene rings is 2. The van der Waals surface area contributed by atoms with Crippen molar-refractivity contribution in [1.29, 1.82) is 0 Å². The van der Waals surface area contributed by atoms with Crippen LogP contribution >= 0.6 is 23.2 Å². The van der Waals surface area contributed by atoms with Crippen molar-refractivity contribution in [3.63, 3.8) is 0 Å². The predicted octanol–water partition coefficient (Wildman–Crippen LogP) is 4.27. The molecule has 0 saturated heterocycles. The Morgan fingerprint density at radius 3 is 2.61 bits per heavy atom. The van der Waals surface area contributed by atoms with Gasteiger partial charge in [-0.1, -0.05) is 35.3 Å². The molecule has 0 spiro atoms. The van der Waals surface area contributed by atoms with Crippen molar-refractivity contribution in [2.45, 2.75) is 13.0 Å². The first-order valence-corrected chi connectivity index (χ1v) is 8.94. The number of hydrogen-bond acceptors (Lipinski definition) is 4. The second-order valence-electron chi connectivity index (χ2n) is 6.09. The molecule has 146 valence electrons. The minimum absolute atomic E-state index is 0.0910. The summed E-state index contributed by atoms with van der Waals surface area (Å²) < 4.78 is 27.4. The summed E-state index contributed by atoms with van der Waals surface area (Å²) in [4.78, 5) is 12.5. The molecule has 1 heterocycles. The molecule has 0 unspecified atom stereocenters. The number of aromatic nitrogens is 2. The van der Waals surface area contributed by atoms with Crippen molar-refractivity contribution >= 4 is 28.9 Å². The SMILES string of the molecule is Cc1ccc(-n2ncc(NC[C@H](O)c3ccc(F)c(F)c3)c(Cl)c2=O)cc1Cl. The second-order valence-corrected chi connectivity index (χ2v) is 6.88. The minimum atomic E-state index is -1.15. The van der Waals surface area contributed by atoms with E-state index in [0.29, 0.717) is 10.7 Å². The zero-order valence-corrected chi connectivity index (χ0v) is 16.1. The van der Waals surface area contributed by atoms with Crippen LogP contribution in [0.3, 0.4) is 0 Å². The Balaban J connectivity index is 1.80. The molecule has 9 heteroatoms. The highest BCUT2D eigenvalue weighted by Crippen LogP contribution is 2.22. The van der Waals surface area contributed by atoms with E-state index < -0.39 is 23.3 Å². The molecule has 0 bridgehead atoms. The topological polar surface area (TPSA) is 67.2 Å². The highest BCUT2D eigenvalue weighted by atomic mass is 35.5. The van der Waals surface area contributed by atoms with Crippen LogP contribution in [0.5, 0.6) is 0 Å². The average molecular weight is 426 g/mol. The Bertz CT molecular complexity index is 1090. The first-order valence-electron chi connectivity index (χ1n) is 8.19. The van der Waals surface area contributed by atoms with Crippen molar-refractivity contribution in [1.82, 2.24) is 9.78 Å². The number of halogens is 4. The summed E-state index contributed by atoms with van der Waals surface area (Å²) in [6, 6.07) is 8.14. The van der Waals surface area contributed by atoms with Crippen LogP contribution in [-0.4, -0.2) is 21.4 Å². The second kappa shape index (κ2) is 8.26. The monoisotopic (exact) mass is 425 g/mol. The van der Waals surface area contributed by atoms with Crippen LogP contribution in [0.4, 0.5) is 14.5 Å².